The zero-order valence-corrected chi connectivity index (χ0v) is 41.8. The van der Waals surface area contributed by atoms with Crippen molar-refractivity contribution in [2.24, 2.45) is 5.92 Å². The second-order valence-corrected chi connectivity index (χ2v) is 21.9. The molecule has 0 bridgehead atoms. The van der Waals surface area contributed by atoms with Gasteiger partial charge in [0, 0.05) is 91.7 Å². The Morgan fingerprint density at radius 1 is 0.723 bits per heavy atom. The Kier molecular flexibility index (Phi) is 17.8. The van der Waals surface area contributed by atoms with Crippen molar-refractivity contribution in [3.8, 4) is 0 Å². The summed E-state index contributed by atoms with van der Waals surface area (Å²) < 4.78 is 37.2. The van der Waals surface area contributed by atoms with Crippen LogP contribution in [0.4, 0.5) is 13.6 Å². The van der Waals surface area contributed by atoms with E-state index in [-0.39, 0.29) is 55.7 Å². The molecule has 4 aromatic heterocycles. The number of rotatable bonds is 15. The van der Waals surface area contributed by atoms with Crippen LogP contribution in [0.2, 0.25) is 0 Å². The highest BCUT2D eigenvalue weighted by Crippen LogP contribution is 2.37. The maximum atomic E-state index is 13.5. The lowest BCUT2D eigenvalue weighted by Crippen LogP contribution is -2.40. The fourth-order valence-corrected chi connectivity index (χ4v) is 11.1. The molecule has 0 spiro atoms. The van der Waals surface area contributed by atoms with Gasteiger partial charge >= 0.3 is 6.09 Å². The number of hydrogen-bond donors (Lipinski definition) is 2. The quantitative estimate of drug-likeness (QED) is 0.119. The monoisotopic (exact) mass is 941 g/mol. The van der Waals surface area contributed by atoms with E-state index in [0.29, 0.717) is 23.9 Å². The fourth-order valence-electron chi connectivity index (χ4n) is 9.48. The lowest BCUT2D eigenvalue weighted by atomic mass is 9.86. The van der Waals surface area contributed by atoms with Crippen LogP contribution in [-0.4, -0.2) is 102 Å². The van der Waals surface area contributed by atoms with Crippen molar-refractivity contribution < 1.29 is 23.1 Å². The number of aryl methyl sites for hydroxylation is 2. The van der Waals surface area contributed by atoms with Crippen LogP contribution >= 0.6 is 22.7 Å². The van der Waals surface area contributed by atoms with Gasteiger partial charge in [0.05, 0.1) is 12.1 Å². The largest absolute Gasteiger partial charge is 0.444 e. The van der Waals surface area contributed by atoms with E-state index in [1.165, 1.54) is 4.88 Å². The van der Waals surface area contributed by atoms with E-state index in [0.717, 1.165) is 106 Å². The number of carbonyl (C=O) groups is 2. The van der Waals surface area contributed by atoms with Crippen LogP contribution in [0.25, 0.3) is 0 Å². The maximum absolute atomic E-state index is 13.5. The summed E-state index contributed by atoms with van der Waals surface area (Å²) in [5, 5.41) is 27.8. The fraction of sp³-hybridized carbons (Fsp3) is 0.708. The smallest absolute Gasteiger partial charge is 0.408 e. The molecular weight excluding hydrogens is 867 g/mol. The minimum Gasteiger partial charge on any atom is -0.444 e. The number of piperidine rings is 2. The van der Waals surface area contributed by atoms with E-state index >= 15 is 0 Å². The van der Waals surface area contributed by atoms with Crippen molar-refractivity contribution in [2.75, 3.05) is 39.3 Å². The van der Waals surface area contributed by atoms with Crippen LogP contribution in [0.5, 0.6) is 0 Å². The predicted molar refractivity (Wildman–Crippen MR) is 255 cm³/mol. The molecule has 1 saturated carbocycles. The number of alkyl carbamates (subject to hydrolysis) is 1. The first kappa shape index (κ1) is 50.6. The van der Waals surface area contributed by atoms with Crippen molar-refractivity contribution in [3.05, 3.63) is 68.1 Å². The molecule has 2 aliphatic heterocycles. The van der Waals surface area contributed by atoms with Gasteiger partial charge in [-0.1, -0.05) is 39.8 Å². The van der Waals surface area contributed by atoms with Gasteiger partial charge in [-0.25, -0.2) is 13.6 Å². The third-order valence-corrected chi connectivity index (χ3v) is 15.0. The lowest BCUT2D eigenvalue weighted by Gasteiger charge is -2.34. The van der Waals surface area contributed by atoms with E-state index in [1.54, 1.807) is 22.7 Å². The zero-order valence-electron chi connectivity index (χ0n) is 40.2. The highest BCUT2D eigenvalue weighted by atomic mass is 32.1. The number of alkyl halides is 2. The molecule has 17 heteroatoms. The van der Waals surface area contributed by atoms with Crippen molar-refractivity contribution >= 4 is 34.7 Å². The first-order valence-corrected chi connectivity index (χ1v) is 25.6. The number of aromatic nitrogens is 6. The Hall–Kier alpha value is -3.80. The Labute approximate surface area is 393 Å². The van der Waals surface area contributed by atoms with Gasteiger partial charge in [0.25, 0.3) is 0 Å². The number of nitrogens with zero attached hydrogens (tertiary/aromatic N) is 8. The zero-order chi connectivity index (χ0) is 46.9. The van der Waals surface area contributed by atoms with Gasteiger partial charge < -0.3 is 34.3 Å². The highest BCUT2D eigenvalue weighted by Gasteiger charge is 2.38. The summed E-state index contributed by atoms with van der Waals surface area (Å²) in [5.41, 5.74) is -0.499. The summed E-state index contributed by atoms with van der Waals surface area (Å²) in [4.78, 5) is 32.5. The van der Waals surface area contributed by atoms with Gasteiger partial charge in [-0.05, 0) is 109 Å². The topological polar surface area (TPSA) is 135 Å². The molecule has 2 unspecified atom stereocenters. The molecule has 2 saturated heterocycles. The number of nitrogens with one attached hydrogen (secondary N) is 2. The normalized spacial score (nSPS) is 19.2. The number of thiophene rings is 2. The van der Waals surface area contributed by atoms with Crippen LogP contribution in [0.3, 0.4) is 0 Å². The summed E-state index contributed by atoms with van der Waals surface area (Å²) in [6, 6.07) is 8.97. The Morgan fingerprint density at radius 2 is 1.15 bits per heavy atom. The molecule has 3 fully saturated rings. The molecule has 6 heterocycles. The molecule has 7 rings (SSSR count). The van der Waals surface area contributed by atoms with Gasteiger partial charge in [-0.15, -0.1) is 43.1 Å². The van der Waals surface area contributed by atoms with Crippen molar-refractivity contribution in [2.45, 2.75) is 174 Å². The van der Waals surface area contributed by atoms with Crippen LogP contribution in [-0.2, 0) is 9.53 Å². The molecule has 2 N–H and O–H groups in total. The number of likely N-dealkylation sites (tertiary alicyclic amines) is 2. The van der Waals surface area contributed by atoms with Crippen molar-refractivity contribution in [1.82, 2.24) is 50.0 Å². The predicted octanol–water partition coefficient (Wildman–Crippen LogP) is 10.5. The van der Waals surface area contributed by atoms with E-state index < -0.39 is 11.5 Å². The molecule has 2 amide bonds. The lowest BCUT2D eigenvalue weighted by molar-refractivity contribution is -0.130. The molecule has 3 aliphatic rings. The van der Waals surface area contributed by atoms with Crippen LogP contribution in [0.1, 0.15) is 182 Å². The maximum Gasteiger partial charge on any atom is 0.408 e. The summed E-state index contributed by atoms with van der Waals surface area (Å²) in [7, 11) is 0. The summed E-state index contributed by atoms with van der Waals surface area (Å²) in [6.07, 6.45) is 5.82. The summed E-state index contributed by atoms with van der Waals surface area (Å²) >= 11 is 3.32. The Bertz CT molecular complexity index is 2050. The molecule has 2 atom stereocenters. The van der Waals surface area contributed by atoms with Crippen molar-refractivity contribution in [3.63, 3.8) is 0 Å². The van der Waals surface area contributed by atoms with E-state index in [9.17, 15) is 18.4 Å². The first-order chi connectivity index (χ1) is 30.9. The second kappa shape index (κ2) is 22.8. The molecule has 360 valence electrons. The van der Waals surface area contributed by atoms with Crippen molar-refractivity contribution in [1.29, 1.82) is 0 Å². The molecule has 13 nitrogen and oxygen atoms in total. The van der Waals surface area contributed by atoms with Crippen LogP contribution < -0.4 is 10.6 Å². The molecule has 1 aliphatic carbocycles. The SMILES string of the molecule is Cc1nnc(C(C)C)n1C1CCN(CCC(NC(=O)C2CCC(F)(F)CC2)c2cccs2)CC1.Cc1nnc(C(C)C)n1C1CCN(CCC(NC(=O)OC(C)(C)C)c2cccs2)CC1. The van der Waals surface area contributed by atoms with E-state index in [2.05, 4.69) is 102 Å². The molecule has 4 aromatic rings. The van der Waals surface area contributed by atoms with Gasteiger partial charge in [-0.2, -0.15) is 0 Å². The highest BCUT2D eigenvalue weighted by molar-refractivity contribution is 7.10. The molecular formula is C48H74F2N10O3S2. The number of hydrogen-bond acceptors (Lipinski definition) is 11. The Balaban J connectivity index is 0.000000216. The van der Waals surface area contributed by atoms with Gasteiger partial charge in [0.1, 0.15) is 28.9 Å². The number of ether oxygens (including phenoxy) is 1. The standard InChI is InChI=1S/C25H37F2N5OS.C23H37N5O2S/c1-17(2)23-30-29-18(3)32(23)20-8-13-31(14-9-20)15-10-21(22-5-4-16-34-22)28-24(33)19-6-11-25(26,27)12-7-19;1-16(2)21-26-25-17(3)28(21)18-9-12-27(13-10-18)14-11-19(20-8-7-15-31-20)24-22(29)30-23(4,5)6/h4-5,16-17,19-21H,6-15H2,1-3H3,(H,28,33);7-8,15-16,18-19H,9-14H2,1-6H3,(H,24,29). The van der Waals surface area contributed by atoms with E-state index in [1.807, 2.05) is 45.2 Å². The van der Waals surface area contributed by atoms with Gasteiger partial charge in [-0.3, -0.25) is 4.79 Å². The van der Waals surface area contributed by atoms with Crippen LogP contribution in [0.15, 0.2) is 35.0 Å². The number of halogens is 2. The third kappa shape index (κ3) is 14.4. The molecule has 0 radical (unpaired) electrons. The molecule has 0 aromatic carbocycles. The van der Waals surface area contributed by atoms with Gasteiger partial charge in [0.2, 0.25) is 11.8 Å². The minimum absolute atomic E-state index is 0.0276. The first-order valence-electron chi connectivity index (χ1n) is 23.9. The Morgan fingerprint density at radius 3 is 1.54 bits per heavy atom. The van der Waals surface area contributed by atoms with Crippen LogP contribution in [0, 0.1) is 19.8 Å². The van der Waals surface area contributed by atoms with Gasteiger partial charge in [0.15, 0.2) is 0 Å². The average molecular weight is 941 g/mol. The number of amides is 2. The third-order valence-electron chi connectivity index (χ3n) is 13.0. The number of carbonyl (C=O) groups excluding carboxylic acids is 2. The minimum atomic E-state index is -2.61. The summed E-state index contributed by atoms with van der Waals surface area (Å²) in [6.45, 7) is 24.4. The average Bonchev–Trinajstić information content (AvgIpc) is 4.10. The van der Waals surface area contributed by atoms with E-state index in [4.69, 9.17) is 4.74 Å². The second-order valence-electron chi connectivity index (χ2n) is 19.9. The summed E-state index contributed by atoms with van der Waals surface area (Å²) in [5.74, 6) is 1.90. The molecule has 65 heavy (non-hydrogen) atoms.